The van der Waals surface area contributed by atoms with Crippen LogP contribution in [0.2, 0.25) is 0 Å². The van der Waals surface area contributed by atoms with Crippen molar-refractivity contribution in [1.82, 2.24) is 4.68 Å². The average molecular weight is 438 g/mol. The molecular formula is C18H16F2N4O5S. The highest BCUT2D eigenvalue weighted by Crippen LogP contribution is 2.24. The van der Waals surface area contributed by atoms with E-state index in [1.54, 1.807) is 24.6 Å². The molecule has 0 fully saturated rings. The molecule has 1 aromatic carbocycles. The van der Waals surface area contributed by atoms with Crippen LogP contribution in [-0.2, 0) is 4.74 Å². The van der Waals surface area contributed by atoms with E-state index in [9.17, 15) is 18.9 Å². The van der Waals surface area contributed by atoms with Crippen LogP contribution in [0.15, 0.2) is 56.3 Å². The lowest BCUT2D eigenvalue weighted by molar-refractivity contribution is -0.402. The summed E-state index contributed by atoms with van der Waals surface area (Å²) >= 11 is 1.32. The van der Waals surface area contributed by atoms with Crippen LogP contribution in [0.1, 0.15) is 5.76 Å². The molecule has 0 aliphatic carbocycles. The standard InChI is InChI=1S/C18H16F2N4O5S/c1-27-9-8-21-18-23(22-10-14-6-7-16(28-14)24(25)26)15(11-30-18)12-2-4-13(5-3-12)29-17(19)20/h2-7,10-11,17H,8-9H2,1H3/b21-18?,22-10-. The third-order valence-electron chi connectivity index (χ3n) is 3.70. The number of nitro groups is 1. The van der Waals surface area contributed by atoms with Gasteiger partial charge >= 0.3 is 12.5 Å². The zero-order valence-corrected chi connectivity index (χ0v) is 16.4. The minimum Gasteiger partial charge on any atom is -0.435 e. The zero-order valence-electron chi connectivity index (χ0n) is 15.6. The van der Waals surface area contributed by atoms with Gasteiger partial charge in [0, 0.05) is 18.1 Å². The summed E-state index contributed by atoms with van der Waals surface area (Å²) in [5.74, 6) is -0.173. The number of alkyl halides is 2. The first-order chi connectivity index (χ1) is 14.5. The lowest BCUT2D eigenvalue weighted by atomic mass is 10.2. The summed E-state index contributed by atoms with van der Waals surface area (Å²) in [7, 11) is 1.56. The summed E-state index contributed by atoms with van der Waals surface area (Å²) in [4.78, 5) is 15.1. The number of rotatable bonds is 9. The fourth-order valence-electron chi connectivity index (χ4n) is 2.38. The van der Waals surface area contributed by atoms with Crippen LogP contribution < -0.4 is 9.54 Å². The second kappa shape index (κ2) is 9.89. The van der Waals surface area contributed by atoms with Crippen molar-refractivity contribution in [3.63, 3.8) is 0 Å². The maximum absolute atomic E-state index is 12.4. The molecule has 0 saturated carbocycles. The first-order valence-electron chi connectivity index (χ1n) is 8.51. The van der Waals surface area contributed by atoms with Crippen LogP contribution in [0, 0.1) is 10.1 Å². The Bertz CT molecular complexity index is 1090. The Labute approximate surface area is 172 Å². The molecule has 12 heteroatoms. The van der Waals surface area contributed by atoms with E-state index in [2.05, 4.69) is 14.8 Å². The highest BCUT2D eigenvalue weighted by molar-refractivity contribution is 7.07. The molecule has 0 atom stereocenters. The SMILES string of the molecule is COCCN=c1scc(-c2ccc(OC(F)F)cc2)n1/N=C\c1ccc([N+](=O)[O-])o1. The number of nitrogens with zero attached hydrogens (tertiary/aromatic N) is 4. The van der Waals surface area contributed by atoms with Gasteiger partial charge in [-0.1, -0.05) is 0 Å². The van der Waals surface area contributed by atoms with Crippen LogP contribution in [0.3, 0.4) is 0 Å². The van der Waals surface area contributed by atoms with Crippen molar-refractivity contribution in [2.75, 3.05) is 20.3 Å². The monoisotopic (exact) mass is 438 g/mol. The molecule has 0 saturated heterocycles. The van der Waals surface area contributed by atoms with Crippen LogP contribution in [-0.4, -0.2) is 42.7 Å². The summed E-state index contributed by atoms with van der Waals surface area (Å²) in [6, 6.07) is 8.72. The van der Waals surface area contributed by atoms with E-state index in [1.807, 2.05) is 0 Å². The lowest BCUT2D eigenvalue weighted by Crippen LogP contribution is -2.13. The van der Waals surface area contributed by atoms with Gasteiger partial charge in [0.15, 0.2) is 5.76 Å². The third kappa shape index (κ3) is 5.36. The molecule has 2 aromatic heterocycles. The highest BCUT2D eigenvalue weighted by atomic mass is 32.1. The number of ether oxygens (including phenoxy) is 2. The normalized spacial score (nSPS) is 12.2. The quantitative estimate of drug-likeness (QED) is 0.219. The van der Waals surface area contributed by atoms with E-state index in [1.165, 1.54) is 46.5 Å². The van der Waals surface area contributed by atoms with Gasteiger partial charge in [0.25, 0.3) is 0 Å². The van der Waals surface area contributed by atoms with Crippen molar-refractivity contribution < 1.29 is 27.6 Å². The van der Waals surface area contributed by atoms with Gasteiger partial charge in [-0.25, -0.2) is 4.68 Å². The molecule has 0 unspecified atom stereocenters. The van der Waals surface area contributed by atoms with E-state index in [0.717, 1.165) is 0 Å². The summed E-state index contributed by atoms with van der Waals surface area (Å²) in [5.41, 5.74) is 1.32. The fourth-order valence-corrected chi connectivity index (χ4v) is 3.25. The second-order valence-electron chi connectivity index (χ2n) is 5.67. The maximum atomic E-state index is 12.4. The number of methoxy groups -OCH3 is 1. The van der Waals surface area contributed by atoms with Crippen molar-refractivity contribution in [2.45, 2.75) is 6.61 Å². The van der Waals surface area contributed by atoms with E-state index >= 15 is 0 Å². The predicted molar refractivity (Wildman–Crippen MR) is 105 cm³/mol. The van der Waals surface area contributed by atoms with Crippen molar-refractivity contribution in [2.24, 2.45) is 10.1 Å². The Balaban J connectivity index is 1.95. The van der Waals surface area contributed by atoms with Crippen molar-refractivity contribution in [1.29, 1.82) is 0 Å². The molecule has 0 aliphatic rings. The Morgan fingerprint density at radius 2 is 2.07 bits per heavy atom. The molecule has 3 rings (SSSR count). The Kier molecular flexibility index (Phi) is 7.03. The molecular weight excluding hydrogens is 422 g/mol. The fraction of sp³-hybridized carbons (Fsp3) is 0.222. The molecule has 30 heavy (non-hydrogen) atoms. The van der Waals surface area contributed by atoms with Gasteiger partial charge in [-0.15, -0.1) is 11.3 Å². The average Bonchev–Trinajstić information content (AvgIpc) is 3.34. The summed E-state index contributed by atoms with van der Waals surface area (Å²) < 4.78 is 40.7. The topological polar surface area (TPSA) is 104 Å². The van der Waals surface area contributed by atoms with Gasteiger partial charge in [-0.3, -0.25) is 15.1 Å². The summed E-state index contributed by atoms with van der Waals surface area (Å²) in [6.45, 7) is -2.09. The number of benzene rings is 1. The van der Waals surface area contributed by atoms with Gasteiger partial charge in [-0.05, 0) is 30.3 Å². The summed E-state index contributed by atoms with van der Waals surface area (Å²) in [6.07, 6.45) is 1.33. The van der Waals surface area contributed by atoms with Crippen molar-refractivity contribution in [3.05, 3.63) is 62.5 Å². The molecule has 0 spiro atoms. The maximum Gasteiger partial charge on any atom is 0.433 e. The van der Waals surface area contributed by atoms with Gasteiger partial charge < -0.3 is 13.9 Å². The van der Waals surface area contributed by atoms with Gasteiger partial charge in [-0.2, -0.15) is 13.9 Å². The molecule has 3 aromatic rings. The number of aromatic nitrogens is 1. The second-order valence-corrected chi connectivity index (χ2v) is 6.51. The Hall–Kier alpha value is -3.38. The minimum absolute atomic E-state index is 0.0342. The van der Waals surface area contributed by atoms with Crippen LogP contribution >= 0.6 is 11.3 Å². The largest absolute Gasteiger partial charge is 0.435 e. The molecule has 158 valence electrons. The molecule has 2 heterocycles. The smallest absolute Gasteiger partial charge is 0.433 e. The van der Waals surface area contributed by atoms with Gasteiger partial charge in [0.05, 0.1) is 31.1 Å². The zero-order chi connectivity index (χ0) is 21.5. The first kappa shape index (κ1) is 21.3. The number of hydrogen-bond acceptors (Lipinski definition) is 8. The van der Waals surface area contributed by atoms with E-state index in [0.29, 0.717) is 29.2 Å². The number of furan rings is 1. The van der Waals surface area contributed by atoms with Crippen LogP contribution in [0.4, 0.5) is 14.7 Å². The van der Waals surface area contributed by atoms with E-state index < -0.39 is 17.4 Å². The van der Waals surface area contributed by atoms with Gasteiger partial charge in [0.2, 0.25) is 4.80 Å². The predicted octanol–water partition coefficient (Wildman–Crippen LogP) is 3.75. The molecule has 0 amide bonds. The summed E-state index contributed by atoms with van der Waals surface area (Å²) in [5, 5.41) is 16.9. The molecule has 9 nitrogen and oxygen atoms in total. The number of halogens is 2. The van der Waals surface area contributed by atoms with Crippen molar-refractivity contribution >= 4 is 23.4 Å². The third-order valence-corrected chi connectivity index (χ3v) is 4.55. The Morgan fingerprint density at radius 3 is 2.70 bits per heavy atom. The van der Waals surface area contributed by atoms with Crippen LogP contribution in [0.5, 0.6) is 5.75 Å². The highest BCUT2D eigenvalue weighted by Gasteiger charge is 2.12. The lowest BCUT2D eigenvalue weighted by Gasteiger charge is -2.06. The van der Waals surface area contributed by atoms with Crippen molar-refractivity contribution in [3.8, 4) is 17.0 Å². The molecule has 0 radical (unpaired) electrons. The first-order valence-corrected chi connectivity index (χ1v) is 9.39. The van der Waals surface area contributed by atoms with Gasteiger partial charge in [0.1, 0.15) is 10.7 Å². The van der Waals surface area contributed by atoms with E-state index in [-0.39, 0.29) is 11.5 Å². The number of hydrogen-bond donors (Lipinski definition) is 0. The molecule has 0 N–H and O–H groups in total. The minimum atomic E-state index is -2.91. The number of thiazole rings is 1. The molecule has 0 bridgehead atoms. The Morgan fingerprint density at radius 1 is 1.30 bits per heavy atom. The molecule has 0 aliphatic heterocycles. The van der Waals surface area contributed by atoms with Crippen LogP contribution in [0.25, 0.3) is 11.3 Å². The van der Waals surface area contributed by atoms with E-state index in [4.69, 9.17) is 9.15 Å².